The van der Waals surface area contributed by atoms with Gasteiger partial charge in [-0.25, -0.2) is 4.98 Å². The van der Waals surface area contributed by atoms with Crippen LogP contribution < -0.4 is 10.2 Å². The molecule has 146 valence electrons. The normalized spacial score (nSPS) is 16.1. The Hall–Kier alpha value is -2.06. The summed E-state index contributed by atoms with van der Waals surface area (Å²) < 4.78 is 39.2. The third kappa shape index (κ3) is 5.47. The summed E-state index contributed by atoms with van der Waals surface area (Å²) in [5.74, 6) is 0.597. The molecule has 0 aromatic carbocycles. The summed E-state index contributed by atoms with van der Waals surface area (Å²) in [6, 6.07) is 0.870. The van der Waals surface area contributed by atoms with Gasteiger partial charge in [-0.2, -0.15) is 18.2 Å². The number of hydrogen-bond acceptors (Lipinski definition) is 5. The highest BCUT2D eigenvalue weighted by atomic mass is 19.4. The van der Waals surface area contributed by atoms with Gasteiger partial charge in [-0.15, -0.1) is 0 Å². The lowest BCUT2D eigenvalue weighted by atomic mass is 10.0. The molecule has 0 unspecified atom stereocenters. The molecule has 2 rings (SSSR count). The summed E-state index contributed by atoms with van der Waals surface area (Å²) in [4.78, 5) is 23.2. The lowest BCUT2D eigenvalue weighted by molar-refractivity contribution is -0.141. The van der Waals surface area contributed by atoms with Crippen molar-refractivity contribution >= 4 is 17.7 Å². The maximum Gasteiger partial charge on any atom is 0.433 e. The second kappa shape index (κ2) is 8.09. The minimum atomic E-state index is -4.53. The van der Waals surface area contributed by atoms with Gasteiger partial charge < -0.3 is 15.1 Å². The molecule has 0 aliphatic carbocycles. The predicted octanol–water partition coefficient (Wildman–Crippen LogP) is 3.01. The van der Waals surface area contributed by atoms with Crippen molar-refractivity contribution in [2.24, 2.45) is 5.92 Å². The predicted molar refractivity (Wildman–Crippen MR) is 94.0 cm³/mol. The molecule has 6 nitrogen and oxygen atoms in total. The first-order chi connectivity index (χ1) is 12.1. The fourth-order valence-corrected chi connectivity index (χ4v) is 2.81. The number of alkyl halides is 3. The first-order valence-corrected chi connectivity index (χ1v) is 8.74. The molecular formula is C17H26F3N5O. The molecule has 1 aliphatic rings. The van der Waals surface area contributed by atoms with Gasteiger partial charge in [-0.05, 0) is 18.8 Å². The molecule has 0 saturated carbocycles. The van der Waals surface area contributed by atoms with Crippen molar-refractivity contribution in [3.63, 3.8) is 0 Å². The molecule has 0 radical (unpaired) electrons. The summed E-state index contributed by atoms with van der Waals surface area (Å²) in [5.41, 5.74) is -0.969. The molecule has 1 fully saturated rings. The van der Waals surface area contributed by atoms with Crippen molar-refractivity contribution in [2.75, 3.05) is 37.4 Å². The minimum absolute atomic E-state index is 0.0320. The third-order valence-electron chi connectivity index (χ3n) is 4.23. The maximum atomic E-state index is 13.1. The average Bonchev–Trinajstić information content (AvgIpc) is 2.53. The average molecular weight is 373 g/mol. The molecule has 1 aliphatic heterocycles. The number of carbonyl (C=O) groups excluding carboxylic acids is 1. The van der Waals surface area contributed by atoms with E-state index in [2.05, 4.69) is 15.3 Å². The van der Waals surface area contributed by atoms with Crippen LogP contribution in [0.15, 0.2) is 6.07 Å². The molecule has 0 atom stereocenters. The number of halogens is 3. The van der Waals surface area contributed by atoms with Crippen molar-refractivity contribution < 1.29 is 18.0 Å². The van der Waals surface area contributed by atoms with E-state index in [4.69, 9.17) is 0 Å². The Bertz CT molecular complexity index is 625. The highest BCUT2D eigenvalue weighted by molar-refractivity contribution is 5.76. The van der Waals surface area contributed by atoms with Crippen LogP contribution in [0.5, 0.6) is 0 Å². The van der Waals surface area contributed by atoms with Crippen molar-refractivity contribution in [1.29, 1.82) is 0 Å². The van der Waals surface area contributed by atoms with Gasteiger partial charge in [-0.1, -0.05) is 13.8 Å². The Morgan fingerprint density at radius 2 is 1.92 bits per heavy atom. The summed E-state index contributed by atoms with van der Waals surface area (Å²) >= 11 is 0. The van der Waals surface area contributed by atoms with Crippen LogP contribution >= 0.6 is 0 Å². The maximum absolute atomic E-state index is 13.1. The van der Waals surface area contributed by atoms with Crippen molar-refractivity contribution in [3.05, 3.63) is 11.8 Å². The second-order valence-electron chi connectivity index (χ2n) is 7.22. The molecule has 1 N–H and O–H groups in total. The van der Waals surface area contributed by atoms with Crippen LogP contribution in [-0.2, 0) is 11.0 Å². The molecular weight excluding hydrogens is 347 g/mol. The van der Waals surface area contributed by atoms with Gasteiger partial charge in [0, 0.05) is 45.7 Å². The topological polar surface area (TPSA) is 61.4 Å². The van der Waals surface area contributed by atoms with E-state index < -0.39 is 11.9 Å². The van der Waals surface area contributed by atoms with Gasteiger partial charge in [0.2, 0.25) is 11.9 Å². The Labute approximate surface area is 151 Å². The summed E-state index contributed by atoms with van der Waals surface area (Å²) in [6.07, 6.45) is -2.71. The fraction of sp³-hybridized carbons (Fsp3) is 0.706. The van der Waals surface area contributed by atoms with Gasteiger partial charge >= 0.3 is 6.18 Å². The first kappa shape index (κ1) is 20.3. The third-order valence-corrected chi connectivity index (χ3v) is 4.23. The van der Waals surface area contributed by atoms with Crippen LogP contribution in [0.25, 0.3) is 0 Å². The van der Waals surface area contributed by atoms with E-state index in [1.807, 2.05) is 18.7 Å². The zero-order valence-corrected chi connectivity index (χ0v) is 15.6. The Morgan fingerprint density at radius 1 is 1.31 bits per heavy atom. The highest BCUT2D eigenvalue weighted by Crippen LogP contribution is 2.30. The van der Waals surface area contributed by atoms with Gasteiger partial charge in [0.15, 0.2) is 5.69 Å². The zero-order valence-electron chi connectivity index (χ0n) is 15.6. The Kier molecular flexibility index (Phi) is 6.30. The number of piperidine rings is 1. The summed E-state index contributed by atoms with van der Waals surface area (Å²) in [5, 5.41) is 3.00. The number of rotatable bonds is 5. The lowest BCUT2D eigenvalue weighted by Gasteiger charge is -2.33. The highest BCUT2D eigenvalue weighted by Gasteiger charge is 2.34. The number of anilines is 2. The number of hydrogen-bond donors (Lipinski definition) is 1. The number of carbonyl (C=O) groups is 1. The summed E-state index contributed by atoms with van der Waals surface area (Å²) in [7, 11) is 3.26. The largest absolute Gasteiger partial charge is 0.433 e. The SMILES string of the molecule is CC(C)CC(=O)N1CCC(Nc2nc(N(C)C)cc(C(F)(F)F)n2)CC1. The molecule has 1 aromatic heterocycles. The number of amides is 1. The molecule has 2 heterocycles. The number of aromatic nitrogens is 2. The van der Waals surface area contributed by atoms with E-state index in [9.17, 15) is 18.0 Å². The number of nitrogens with zero attached hydrogens (tertiary/aromatic N) is 4. The number of nitrogens with one attached hydrogen (secondary N) is 1. The first-order valence-electron chi connectivity index (χ1n) is 8.74. The van der Waals surface area contributed by atoms with Crippen molar-refractivity contribution in [2.45, 2.75) is 45.3 Å². The quantitative estimate of drug-likeness (QED) is 0.860. The Morgan fingerprint density at radius 3 is 2.42 bits per heavy atom. The van der Waals surface area contributed by atoms with E-state index in [1.54, 1.807) is 14.1 Å². The molecule has 1 aromatic rings. The van der Waals surface area contributed by atoms with Crippen LogP contribution in [0.3, 0.4) is 0 Å². The smallest absolute Gasteiger partial charge is 0.363 e. The van der Waals surface area contributed by atoms with Crippen LogP contribution in [0.4, 0.5) is 24.9 Å². The van der Waals surface area contributed by atoms with Gasteiger partial charge in [-0.3, -0.25) is 4.79 Å². The van der Waals surface area contributed by atoms with Crippen LogP contribution in [0, 0.1) is 5.92 Å². The molecule has 0 spiro atoms. The van der Waals surface area contributed by atoms with Crippen molar-refractivity contribution in [1.82, 2.24) is 14.9 Å². The van der Waals surface area contributed by atoms with Crippen LogP contribution in [0.2, 0.25) is 0 Å². The van der Waals surface area contributed by atoms with Gasteiger partial charge in [0.05, 0.1) is 0 Å². The van der Waals surface area contributed by atoms with E-state index in [-0.39, 0.29) is 23.7 Å². The minimum Gasteiger partial charge on any atom is -0.363 e. The van der Waals surface area contributed by atoms with E-state index in [1.165, 1.54) is 4.90 Å². The fourth-order valence-electron chi connectivity index (χ4n) is 2.81. The number of likely N-dealkylation sites (tertiary alicyclic amines) is 1. The lowest BCUT2D eigenvalue weighted by Crippen LogP contribution is -2.43. The zero-order chi connectivity index (χ0) is 19.5. The van der Waals surface area contributed by atoms with E-state index >= 15 is 0 Å². The molecule has 0 bridgehead atoms. The van der Waals surface area contributed by atoms with Gasteiger partial charge in [0.1, 0.15) is 5.82 Å². The van der Waals surface area contributed by atoms with Crippen LogP contribution in [-0.4, -0.2) is 54.0 Å². The van der Waals surface area contributed by atoms with E-state index in [0.717, 1.165) is 6.07 Å². The molecule has 26 heavy (non-hydrogen) atoms. The second-order valence-corrected chi connectivity index (χ2v) is 7.22. The summed E-state index contributed by atoms with van der Waals surface area (Å²) in [6.45, 7) is 5.17. The van der Waals surface area contributed by atoms with Crippen molar-refractivity contribution in [3.8, 4) is 0 Å². The van der Waals surface area contributed by atoms with Crippen LogP contribution in [0.1, 0.15) is 38.8 Å². The van der Waals surface area contributed by atoms with Gasteiger partial charge in [0.25, 0.3) is 0 Å². The Balaban J connectivity index is 2.03. The standard InChI is InChI=1S/C17H26F3N5O/c1-11(2)9-15(26)25-7-5-12(6-8-25)21-16-22-13(17(18,19)20)10-14(23-16)24(3)4/h10-12H,5-9H2,1-4H3,(H,21,22,23). The van der Waals surface area contributed by atoms with E-state index in [0.29, 0.717) is 38.3 Å². The monoisotopic (exact) mass is 373 g/mol. The molecule has 1 amide bonds. The molecule has 9 heteroatoms. The molecule has 1 saturated heterocycles.